The van der Waals surface area contributed by atoms with Crippen molar-refractivity contribution in [2.45, 2.75) is 0 Å². The molecule has 3 rings (SSSR count). The van der Waals surface area contributed by atoms with Gasteiger partial charge in [0.2, 0.25) is 0 Å². The number of rotatable bonds is 0. The van der Waals surface area contributed by atoms with Gasteiger partial charge in [0.05, 0.1) is 11.3 Å². The maximum Gasteiger partial charge on any atom is 0.134 e. The molecule has 0 bridgehead atoms. The summed E-state index contributed by atoms with van der Waals surface area (Å²) < 4.78 is 6.51. The number of nitrogens with two attached hydrogens (primary N) is 1. The van der Waals surface area contributed by atoms with Crippen molar-refractivity contribution >= 4 is 37.4 Å². The summed E-state index contributed by atoms with van der Waals surface area (Å²) in [5.74, 6) is 0. The van der Waals surface area contributed by atoms with E-state index in [1.165, 1.54) is 10.1 Å². The van der Waals surface area contributed by atoms with E-state index in [4.69, 9.17) is 10.2 Å². The lowest BCUT2D eigenvalue weighted by Crippen LogP contribution is -1.72. The number of anilines is 1. The number of hydrogen-bond donors (Lipinski definition) is 1. The van der Waals surface area contributed by atoms with Crippen LogP contribution in [0.5, 0.6) is 0 Å². The molecule has 2 N–H and O–H groups in total. The molecule has 0 amide bonds. The van der Waals surface area contributed by atoms with Crippen LogP contribution >= 0.6 is 11.3 Å². The first-order chi connectivity index (χ1) is 6.34. The molecule has 0 saturated heterocycles. The zero-order valence-corrected chi connectivity index (χ0v) is 7.60. The quantitative estimate of drug-likeness (QED) is 0.589. The predicted molar refractivity (Wildman–Crippen MR) is 56.0 cm³/mol. The molecule has 0 atom stereocenters. The summed E-state index contributed by atoms with van der Waals surface area (Å²) in [5.41, 5.74) is 6.66. The summed E-state index contributed by atoms with van der Waals surface area (Å²) in [5, 5.41) is 3.18. The van der Waals surface area contributed by atoms with E-state index in [2.05, 4.69) is 0 Å². The van der Waals surface area contributed by atoms with Crippen molar-refractivity contribution in [2.75, 3.05) is 5.73 Å². The fourth-order valence-corrected chi connectivity index (χ4v) is 2.43. The molecule has 0 spiro atoms. The lowest BCUT2D eigenvalue weighted by Gasteiger charge is -1.89. The fourth-order valence-electron chi connectivity index (χ4n) is 1.58. The summed E-state index contributed by atoms with van der Waals surface area (Å²) in [6.07, 6.45) is 1.71. The molecule has 3 heteroatoms. The van der Waals surface area contributed by atoms with Crippen LogP contribution in [-0.2, 0) is 0 Å². The average molecular weight is 189 g/mol. The molecule has 0 fully saturated rings. The number of furan rings is 1. The van der Waals surface area contributed by atoms with Gasteiger partial charge in [-0.05, 0) is 24.3 Å². The Morgan fingerprint density at radius 2 is 2.08 bits per heavy atom. The second kappa shape index (κ2) is 2.26. The lowest BCUT2D eigenvalue weighted by atomic mass is 10.2. The standard InChI is InChI=1S/C10H7NOS/c11-10-5-7-6-3-4-12-8(6)1-2-9(7)13-10/h1-5H,11H2. The molecule has 2 aromatic heterocycles. The second-order valence-electron chi connectivity index (χ2n) is 2.96. The topological polar surface area (TPSA) is 39.2 Å². The highest BCUT2D eigenvalue weighted by Gasteiger charge is 2.04. The van der Waals surface area contributed by atoms with Gasteiger partial charge >= 0.3 is 0 Å². The van der Waals surface area contributed by atoms with Gasteiger partial charge in [-0.2, -0.15) is 0 Å². The highest BCUT2D eigenvalue weighted by Crippen LogP contribution is 2.33. The Hall–Kier alpha value is -1.48. The fraction of sp³-hybridized carbons (Fsp3) is 0. The van der Waals surface area contributed by atoms with Crippen LogP contribution in [0.4, 0.5) is 5.00 Å². The number of benzene rings is 1. The number of hydrogen-bond acceptors (Lipinski definition) is 3. The van der Waals surface area contributed by atoms with Crippen LogP contribution in [0.25, 0.3) is 21.1 Å². The number of fused-ring (bicyclic) bond motifs is 3. The first-order valence-corrected chi connectivity index (χ1v) is 4.81. The van der Waals surface area contributed by atoms with Gasteiger partial charge in [0, 0.05) is 15.5 Å². The van der Waals surface area contributed by atoms with Gasteiger partial charge in [-0.1, -0.05) is 0 Å². The summed E-state index contributed by atoms with van der Waals surface area (Å²) in [6.45, 7) is 0. The molecule has 0 aliphatic heterocycles. The summed E-state index contributed by atoms with van der Waals surface area (Å²) in [7, 11) is 0. The minimum absolute atomic E-state index is 0.851. The van der Waals surface area contributed by atoms with E-state index in [0.717, 1.165) is 16.0 Å². The molecule has 0 saturated carbocycles. The molecule has 2 heterocycles. The SMILES string of the molecule is Nc1cc2c(ccc3occc32)s1. The van der Waals surface area contributed by atoms with Gasteiger partial charge in [0.15, 0.2) is 0 Å². The molecular weight excluding hydrogens is 182 g/mol. The Labute approximate surface area is 78.6 Å². The van der Waals surface area contributed by atoms with Crippen molar-refractivity contribution in [3.05, 3.63) is 30.5 Å². The lowest BCUT2D eigenvalue weighted by molar-refractivity contribution is 0.616. The van der Waals surface area contributed by atoms with Crippen molar-refractivity contribution in [3.63, 3.8) is 0 Å². The van der Waals surface area contributed by atoms with E-state index in [9.17, 15) is 0 Å². The van der Waals surface area contributed by atoms with Crippen LogP contribution in [0.2, 0.25) is 0 Å². The minimum atomic E-state index is 0.851. The molecule has 0 aliphatic carbocycles. The smallest absolute Gasteiger partial charge is 0.134 e. The molecule has 0 aliphatic rings. The van der Waals surface area contributed by atoms with Crippen molar-refractivity contribution in [2.24, 2.45) is 0 Å². The van der Waals surface area contributed by atoms with Crippen LogP contribution in [0.15, 0.2) is 34.9 Å². The van der Waals surface area contributed by atoms with Crippen molar-refractivity contribution in [1.82, 2.24) is 0 Å². The van der Waals surface area contributed by atoms with Crippen LogP contribution in [0.1, 0.15) is 0 Å². The zero-order chi connectivity index (χ0) is 8.84. The highest BCUT2D eigenvalue weighted by atomic mass is 32.1. The molecule has 64 valence electrons. The Kier molecular flexibility index (Phi) is 1.21. The van der Waals surface area contributed by atoms with E-state index in [1.54, 1.807) is 17.6 Å². The molecular formula is C10H7NOS. The third kappa shape index (κ3) is 0.876. The summed E-state index contributed by atoms with van der Waals surface area (Å²) in [4.78, 5) is 0. The van der Waals surface area contributed by atoms with E-state index >= 15 is 0 Å². The van der Waals surface area contributed by atoms with Crippen molar-refractivity contribution in [1.29, 1.82) is 0 Å². The van der Waals surface area contributed by atoms with Crippen LogP contribution < -0.4 is 5.73 Å². The average Bonchev–Trinajstić information content (AvgIpc) is 2.65. The minimum Gasteiger partial charge on any atom is -0.464 e. The summed E-state index contributed by atoms with van der Waals surface area (Å²) in [6, 6.07) is 8.00. The number of nitrogen functional groups attached to an aromatic ring is 1. The second-order valence-corrected chi connectivity index (χ2v) is 4.07. The molecule has 2 nitrogen and oxygen atoms in total. The van der Waals surface area contributed by atoms with E-state index in [0.29, 0.717) is 0 Å². The van der Waals surface area contributed by atoms with Crippen molar-refractivity contribution < 1.29 is 4.42 Å². The van der Waals surface area contributed by atoms with Gasteiger partial charge in [0.25, 0.3) is 0 Å². The van der Waals surface area contributed by atoms with Gasteiger partial charge in [-0.15, -0.1) is 11.3 Å². The third-order valence-corrected chi connectivity index (χ3v) is 3.08. The molecule has 0 unspecified atom stereocenters. The van der Waals surface area contributed by atoms with Gasteiger partial charge in [-0.3, -0.25) is 0 Å². The normalized spacial score (nSPS) is 11.4. The highest BCUT2D eigenvalue weighted by molar-refractivity contribution is 7.22. The summed E-state index contributed by atoms with van der Waals surface area (Å²) >= 11 is 1.61. The Bertz CT molecular complexity index is 579. The predicted octanol–water partition coefficient (Wildman–Crippen LogP) is 3.23. The first kappa shape index (κ1) is 6.97. The third-order valence-electron chi connectivity index (χ3n) is 2.15. The first-order valence-electron chi connectivity index (χ1n) is 4.00. The largest absolute Gasteiger partial charge is 0.464 e. The van der Waals surface area contributed by atoms with E-state index in [-0.39, 0.29) is 0 Å². The zero-order valence-electron chi connectivity index (χ0n) is 6.78. The van der Waals surface area contributed by atoms with Gasteiger partial charge in [0.1, 0.15) is 5.58 Å². The Balaban J connectivity index is 2.64. The Morgan fingerprint density at radius 3 is 3.00 bits per heavy atom. The Morgan fingerprint density at radius 1 is 1.15 bits per heavy atom. The van der Waals surface area contributed by atoms with Crippen LogP contribution in [0.3, 0.4) is 0 Å². The monoisotopic (exact) mass is 189 g/mol. The van der Waals surface area contributed by atoms with Gasteiger partial charge in [-0.25, -0.2) is 0 Å². The maximum atomic E-state index is 5.74. The van der Waals surface area contributed by atoms with E-state index in [1.807, 2.05) is 24.3 Å². The van der Waals surface area contributed by atoms with Crippen LogP contribution in [0, 0.1) is 0 Å². The van der Waals surface area contributed by atoms with Crippen molar-refractivity contribution in [3.8, 4) is 0 Å². The maximum absolute atomic E-state index is 5.74. The molecule has 0 radical (unpaired) electrons. The van der Waals surface area contributed by atoms with Gasteiger partial charge < -0.3 is 10.2 Å². The number of thiophene rings is 1. The van der Waals surface area contributed by atoms with E-state index < -0.39 is 0 Å². The van der Waals surface area contributed by atoms with Crippen LogP contribution in [-0.4, -0.2) is 0 Å². The molecule has 3 aromatic rings. The molecule has 13 heavy (non-hydrogen) atoms. The molecule has 1 aromatic carbocycles.